The van der Waals surface area contributed by atoms with Gasteiger partial charge in [-0.25, -0.2) is 4.98 Å². The van der Waals surface area contributed by atoms with E-state index in [1.807, 2.05) is 54.6 Å². The number of carbonyl (C=O) groups excluding carboxylic acids is 1. The Balaban J connectivity index is 1.63. The monoisotopic (exact) mass is 330 g/mol. The molecule has 0 radical (unpaired) electrons. The minimum atomic E-state index is -0.117. The molecule has 3 nitrogen and oxygen atoms in total. The van der Waals surface area contributed by atoms with Crippen molar-refractivity contribution in [2.75, 3.05) is 5.32 Å². The zero-order valence-corrected chi connectivity index (χ0v) is 13.6. The van der Waals surface area contributed by atoms with E-state index in [4.69, 9.17) is 4.98 Å². The second kappa shape index (κ2) is 6.26. The van der Waals surface area contributed by atoms with Crippen molar-refractivity contribution in [2.45, 2.75) is 0 Å². The zero-order chi connectivity index (χ0) is 16.4. The van der Waals surface area contributed by atoms with E-state index in [9.17, 15) is 4.79 Å². The van der Waals surface area contributed by atoms with E-state index in [1.165, 1.54) is 0 Å². The average molecular weight is 330 g/mol. The summed E-state index contributed by atoms with van der Waals surface area (Å²) in [5.74, 6) is -0.117. The summed E-state index contributed by atoms with van der Waals surface area (Å²) in [7, 11) is 0. The van der Waals surface area contributed by atoms with Gasteiger partial charge in [0.25, 0.3) is 5.91 Å². The normalized spacial score (nSPS) is 10.7. The first-order chi connectivity index (χ1) is 11.8. The molecule has 116 valence electrons. The smallest absolute Gasteiger partial charge is 0.255 e. The number of rotatable bonds is 3. The molecule has 24 heavy (non-hydrogen) atoms. The molecular weight excluding hydrogens is 316 g/mol. The van der Waals surface area contributed by atoms with Crippen LogP contribution in [0.15, 0.2) is 78.9 Å². The van der Waals surface area contributed by atoms with Crippen LogP contribution in [0.5, 0.6) is 0 Å². The Kier molecular flexibility index (Phi) is 3.81. The molecule has 1 amide bonds. The number of benzene rings is 3. The lowest BCUT2D eigenvalue weighted by molar-refractivity contribution is 0.102. The molecule has 0 spiro atoms. The minimum absolute atomic E-state index is 0.117. The Hall–Kier alpha value is -2.98. The van der Waals surface area contributed by atoms with Crippen LogP contribution in [0.1, 0.15) is 10.4 Å². The van der Waals surface area contributed by atoms with Crippen LogP contribution in [0.3, 0.4) is 0 Å². The number of carbonyl (C=O) groups is 1. The van der Waals surface area contributed by atoms with Gasteiger partial charge in [0.2, 0.25) is 0 Å². The van der Waals surface area contributed by atoms with Gasteiger partial charge in [0.15, 0.2) is 0 Å². The molecule has 4 rings (SSSR count). The standard InChI is InChI=1S/C20H14N2OS/c23-19(14-7-3-1-4-8-14)21-16-11-12-18-17(13-16)22-20(24-18)15-9-5-2-6-10-15/h1-13H,(H,21,23). The number of nitrogens with one attached hydrogen (secondary N) is 1. The molecule has 0 fully saturated rings. The highest BCUT2D eigenvalue weighted by atomic mass is 32.1. The molecule has 4 aromatic rings. The number of hydrogen-bond donors (Lipinski definition) is 1. The fraction of sp³-hybridized carbons (Fsp3) is 0. The first-order valence-electron chi connectivity index (χ1n) is 7.62. The third kappa shape index (κ3) is 2.92. The van der Waals surface area contributed by atoms with Crippen molar-refractivity contribution in [3.8, 4) is 10.6 Å². The van der Waals surface area contributed by atoms with Gasteiger partial charge in [-0.3, -0.25) is 4.79 Å². The summed E-state index contributed by atoms with van der Waals surface area (Å²) in [6.07, 6.45) is 0. The molecule has 3 aromatic carbocycles. The van der Waals surface area contributed by atoms with Gasteiger partial charge in [-0.2, -0.15) is 0 Å². The van der Waals surface area contributed by atoms with E-state index in [-0.39, 0.29) is 5.91 Å². The Morgan fingerprint density at radius 2 is 1.58 bits per heavy atom. The number of hydrogen-bond acceptors (Lipinski definition) is 3. The SMILES string of the molecule is O=C(Nc1ccc2sc(-c3ccccc3)nc2c1)c1ccccc1. The van der Waals surface area contributed by atoms with E-state index in [2.05, 4.69) is 17.4 Å². The first kappa shape index (κ1) is 14.6. The second-order valence-corrected chi connectivity index (χ2v) is 6.42. The number of thiazole rings is 1. The lowest BCUT2D eigenvalue weighted by atomic mass is 10.2. The number of nitrogens with zero attached hydrogens (tertiary/aromatic N) is 1. The largest absolute Gasteiger partial charge is 0.322 e. The van der Waals surface area contributed by atoms with Crippen LogP contribution in [0.4, 0.5) is 5.69 Å². The van der Waals surface area contributed by atoms with Crippen LogP contribution in [-0.4, -0.2) is 10.9 Å². The molecule has 1 heterocycles. The average Bonchev–Trinajstić information content (AvgIpc) is 3.06. The lowest BCUT2D eigenvalue weighted by Crippen LogP contribution is -2.11. The third-order valence-electron chi connectivity index (χ3n) is 3.70. The minimum Gasteiger partial charge on any atom is -0.322 e. The fourth-order valence-corrected chi connectivity index (χ4v) is 3.45. The summed E-state index contributed by atoms with van der Waals surface area (Å²) < 4.78 is 1.10. The van der Waals surface area contributed by atoms with Gasteiger partial charge < -0.3 is 5.32 Å². The van der Waals surface area contributed by atoms with Crippen LogP contribution >= 0.6 is 11.3 Å². The predicted octanol–water partition coefficient (Wildman–Crippen LogP) is 5.22. The van der Waals surface area contributed by atoms with Crippen molar-refractivity contribution >= 4 is 33.1 Å². The van der Waals surface area contributed by atoms with Gasteiger partial charge in [0.1, 0.15) is 5.01 Å². The van der Waals surface area contributed by atoms with Gasteiger partial charge in [0.05, 0.1) is 10.2 Å². The molecule has 0 aliphatic carbocycles. The highest BCUT2D eigenvalue weighted by Crippen LogP contribution is 2.31. The van der Waals surface area contributed by atoms with E-state index in [0.29, 0.717) is 5.56 Å². The molecule has 0 saturated carbocycles. The molecule has 1 N–H and O–H groups in total. The number of aromatic nitrogens is 1. The summed E-state index contributed by atoms with van der Waals surface area (Å²) >= 11 is 1.65. The maximum atomic E-state index is 12.2. The van der Waals surface area contributed by atoms with E-state index >= 15 is 0 Å². The van der Waals surface area contributed by atoms with Crippen LogP contribution < -0.4 is 5.32 Å². The first-order valence-corrected chi connectivity index (χ1v) is 8.44. The number of amides is 1. The van der Waals surface area contributed by atoms with E-state index in [0.717, 1.165) is 26.5 Å². The lowest BCUT2D eigenvalue weighted by Gasteiger charge is -2.04. The van der Waals surface area contributed by atoms with Gasteiger partial charge in [-0.05, 0) is 30.3 Å². The Morgan fingerprint density at radius 3 is 2.33 bits per heavy atom. The van der Waals surface area contributed by atoms with Crippen LogP contribution in [0, 0.1) is 0 Å². The molecule has 0 saturated heterocycles. The molecule has 1 aromatic heterocycles. The van der Waals surface area contributed by atoms with Crippen molar-refractivity contribution < 1.29 is 4.79 Å². The molecule has 4 heteroatoms. The highest BCUT2D eigenvalue weighted by Gasteiger charge is 2.09. The highest BCUT2D eigenvalue weighted by molar-refractivity contribution is 7.21. The molecule has 0 aliphatic rings. The summed E-state index contributed by atoms with van der Waals surface area (Å²) in [5, 5.41) is 3.91. The fourth-order valence-electron chi connectivity index (χ4n) is 2.50. The number of anilines is 1. The van der Waals surface area contributed by atoms with E-state index < -0.39 is 0 Å². The van der Waals surface area contributed by atoms with Crippen molar-refractivity contribution in [3.05, 3.63) is 84.4 Å². The van der Waals surface area contributed by atoms with Crippen molar-refractivity contribution in [2.24, 2.45) is 0 Å². The van der Waals surface area contributed by atoms with Crippen LogP contribution in [0.2, 0.25) is 0 Å². The Labute approximate surface area is 143 Å². The second-order valence-electron chi connectivity index (χ2n) is 5.39. The quantitative estimate of drug-likeness (QED) is 0.560. The molecule has 0 atom stereocenters. The summed E-state index contributed by atoms with van der Waals surface area (Å²) in [4.78, 5) is 16.9. The third-order valence-corrected chi connectivity index (χ3v) is 4.79. The van der Waals surface area contributed by atoms with Crippen molar-refractivity contribution in [3.63, 3.8) is 0 Å². The van der Waals surface area contributed by atoms with Gasteiger partial charge in [-0.1, -0.05) is 48.5 Å². The van der Waals surface area contributed by atoms with Crippen molar-refractivity contribution in [1.82, 2.24) is 4.98 Å². The maximum absolute atomic E-state index is 12.2. The maximum Gasteiger partial charge on any atom is 0.255 e. The van der Waals surface area contributed by atoms with Gasteiger partial charge in [-0.15, -0.1) is 11.3 Å². The molecule has 0 unspecified atom stereocenters. The summed E-state index contributed by atoms with van der Waals surface area (Å²) in [6.45, 7) is 0. The summed E-state index contributed by atoms with van der Waals surface area (Å²) in [6, 6.07) is 25.1. The topological polar surface area (TPSA) is 42.0 Å². The number of fused-ring (bicyclic) bond motifs is 1. The van der Waals surface area contributed by atoms with Gasteiger partial charge in [0, 0.05) is 16.8 Å². The Bertz CT molecular complexity index is 994. The zero-order valence-electron chi connectivity index (χ0n) is 12.8. The Morgan fingerprint density at radius 1 is 0.875 bits per heavy atom. The molecular formula is C20H14N2OS. The summed E-state index contributed by atoms with van der Waals surface area (Å²) in [5.41, 5.74) is 3.39. The van der Waals surface area contributed by atoms with Crippen molar-refractivity contribution in [1.29, 1.82) is 0 Å². The predicted molar refractivity (Wildman–Crippen MR) is 99.5 cm³/mol. The molecule has 0 bridgehead atoms. The van der Waals surface area contributed by atoms with Gasteiger partial charge >= 0.3 is 0 Å². The molecule has 0 aliphatic heterocycles. The van der Waals surface area contributed by atoms with Crippen LogP contribution in [-0.2, 0) is 0 Å². The van der Waals surface area contributed by atoms with Crippen LogP contribution in [0.25, 0.3) is 20.8 Å². The van der Waals surface area contributed by atoms with E-state index in [1.54, 1.807) is 23.5 Å².